The quantitative estimate of drug-likeness (QED) is 0.213. The smallest absolute Gasteiger partial charge is 0.243 e. The summed E-state index contributed by atoms with van der Waals surface area (Å²) in [5, 5.41) is 6.89. The molecule has 218 valence electrons. The van der Waals surface area contributed by atoms with Crippen molar-refractivity contribution in [2.24, 2.45) is 0 Å². The number of nitrogens with zero attached hydrogens (tertiary/aromatic N) is 3. The van der Waals surface area contributed by atoms with Gasteiger partial charge in [-0.1, -0.05) is 90.1 Å². The summed E-state index contributed by atoms with van der Waals surface area (Å²) >= 11 is 0. The van der Waals surface area contributed by atoms with Crippen LogP contribution in [0.1, 0.15) is 22.6 Å². The van der Waals surface area contributed by atoms with E-state index in [1.165, 1.54) is 17.0 Å². The highest BCUT2D eigenvalue weighted by molar-refractivity contribution is 5.88. The van der Waals surface area contributed by atoms with Crippen molar-refractivity contribution in [1.82, 2.24) is 20.4 Å². The molecule has 5 rings (SSSR count). The van der Waals surface area contributed by atoms with Gasteiger partial charge in [0.25, 0.3) is 0 Å². The van der Waals surface area contributed by atoms with Crippen LogP contribution in [0, 0.1) is 5.82 Å². The second kappa shape index (κ2) is 14.0. The van der Waals surface area contributed by atoms with E-state index in [0.717, 1.165) is 16.7 Å². The first-order valence-corrected chi connectivity index (χ1v) is 13.9. The fourth-order valence-corrected chi connectivity index (χ4v) is 4.69. The van der Waals surface area contributed by atoms with Crippen LogP contribution in [0.25, 0.3) is 11.4 Å². The zero-order valence-electron chi connectivity index (χ0n) is 23.7. The first-order valence-electron chi connectivity index (χ1n) is 13.9. The molecule has 0 bridgehead atoms. The highest BCUT2D eigenvalue weighted by Crippen LogP contribution is 2.21. The molecule has 43 heavy (non-hydrogen) atoms. The Kier molecular flexibility index (Phi) is 9.53. The summed E-state index contributed by atoms with van der Waals surface area (Å²) in [5.74, 6) is -0.451. The fourth-order valence-electron chi connectivity index (χ4n) is 4.69. The van der Waals surface area contributed by atoms with Gasteiger partial charge < -0.3 is 19.5 Å². The summed E-state index contributed by atoms with van der Waals surface area (Å²) in [6.07, 6.45) is 0.0164. The molecule has 1 unspecified atom stereocenters. The summed E-state index contributed by atoms with van der Waals surface area (Å²) in [6.45, 7) is 0.457. The molecule has 0 saturated carbocycles. The summed E-state index contributed by atoms with van der Waals surface area (Å²) in [7, 11) is 1.58. The predicted molar refractivity (Wildman–Crippen MR) is 159 cm³/mol. The van der Waals surface area contributed by atoms with Crippen molar-refractivity contribution in [2.45, 2.75) is 32.0 Å². The van der Waals surface area contributed by atoms with Crippen LogP contribution in [0.3, 0.4) is 0 Å². The standard InChI is InChI=1S/C34H31FN4O4/c1-42-27-18-16-26(17-19-27)23-39(32(40)21-31-37-33(38-43-31)28-14-8-9-15-29(28)35)30(20-24-10-4-2-5-11-24)34(41)36-22-25-12-6-3-7-13-25/h2-19,30H,20-23H2,1H3,(H,36,41). The van der Waals surface area contributed by atoms with E-state index < -0.39 is 17.8 Å². The Labute approximate surface area is 249 Å². The third-order valence-corrected chi connectivity index (χ3v) is 6.98. The SMILES string of the molecule is COc1ccc(CN(C(=O)Cc2nc(-c3ccccc3F)no2)C(Cc2ccccc2)C(=O)NCc2ccccc2)cc1. The Morgan fingerprint density at radius 3 is 2.19 bits per heavy atom. The minimum atomic E-state index is -0.852. The molecule has 0 spiro atoms. The van der Waals surface area contributed by atoms with E-state index >= 15 is 0 Å². The van der Waals surface area contributed by atoms with E-state index in [9.17, 15) is 14.0 Å². The lowest BCUT2D eigenvalue weighted by Gasteiger charge is -2.31. The molecule has 1 atom stereocenters. The van der Waals surface area contributed by atoms with E-state index in [-0.39, 0.29) is 42.6 Å². The van der Waals surface area contributed by atoms with Crippen LogP contribution in [0.4, 0.5) is 4.39 Å². The molecule has 2 amide bonds. The molecule has 4 aromatic carbocycles. The van der Waals surface area contributed by atoms with Crippen LogP contribution < -0.4 is 10.1 Å². The number of aromatic nitrogens is 2. The minimum absolute atomic E-state index is 0.0196. The Balaban J connectivity index is 1.44. The van der Waals surface area contributed by atoms with Crippen LogP contribution in [0.15, 0.2) is 114 Å². The van der Waals surface area contributed by atoms with Crippen LogP contribution >= 0.6 is 0 Å². The third-order valence-electron chi connectivity index (χ3n) is 6.98. The first-order chi connectivity index (χ1) is 21.0. The molecule has 8 nitrogen and oxygen atoms in total. The van der Waals surface area contributed by atoms with Gasteiger partial charge in [-0.2, -0.15) is 4.98 Å². The fraction of sp³-hybridized carbons (Fsp3) is 0.176. The van der Waals surface area contributed by atoms with Gasteiger partial charge in [-0.3, -0.25) is 9.59 Å². The van der Waals surface area contributed by atoms with Crippen molar-refractivity contribution in [2.75, 3.05) is 7.11 Å². The summed E-state index contributed by atoms with van der Waals surface area (Å²) in [5.41, 5.74) is 2.81. The number of amides is 2. The molecule has 0 aliphatic carbocycles. The normalized spacial score (nSPS) is 11.5. The number of halogens is 1. The maximum Gasteiger partial charge on any atom is 0.243 e. The number of hydrogen-bond acceptors (Lipinski definition) is 6. The molecular formula is C34H31FN4O4. The number of benzene rings is 4. The molecule has 9 heteroatoms. The van der Waals surface area contributed by atoms with Gasteiger partial charge in [0.2, 0.25) is 23.5 Å². The van der Waals surface area contributed by atoms with Gasteiger partial charge in [0.05, 0.1) is 12.7 Å². The second-order valence-corrected chi connectivity index (χ2v) is 9.95. The van der Waals surface area contributed by atoms with Crippen LogP contribution in [-0.2, 0) is 35.5 Å². The zero-order chi connectivity index (χ0) is 30.0. The Hall–Kier alpha value is -5.31. The zero-order valence-corrected chi connectivity index (χ0v) is 23.7. The van der Waals surface area contributed by atoms with Gasteiger partial charge in [-0.15, -0.1) is 0 Å². The van der Waals surface area contributed by atoms with E-state index in [1.807, 2.05) is 72.8 Å². The summed E-state index contributed by atoms with van der Waals surface area (Å²) in [4.78, 5) is 33.6. The lowest BCUT2D eigenvalue weighted by molar-refractivity contribution is -0.141. The molecule has 0 fully saturated rings. The number of hydrogen-bond donors (Lipinski definition) is 1. The van der Waals surface area contributed by atoms with Crippen molar-refractivity contribution in [3.8, 4) is 17.1 Å². The van der Waals surface area contributed by atoms with Crippen molar-refractivity contribution < 1.29 is 23.2 Å². The Bertz CT molecular complexity index is 1640. The average Bonchev–Trinajstić information content (AvgIpc) is 3.51. The Morgan fingerprint density at radius 1 is 0.860 bits per heavy atom. The molecule has 0 radical (unpaired) electrons. The van der Waals surface area contributed by atoms with Gasteiger partial charge in [0, 0.05) is 19.5 Å². The molecule has 1 aromatic heterocycles. The number of ether oxygens (including phenoxy) is 1. The molecule has 1 heterocycles. The van der Waals surface area contributed by atoms with Gasteiger partial charge in [0.15, 0.2) is 0 Å². The van der Waals surface area contributed by atoms with Gasteiger partial charge >= 0.3 is 0 Å². The maximum absolute atomic E-state index is 14.3. The minimum Gasteiger partial charge on any atom is -0.497 e. The molecule has 0 aliphatic heterocycles. The number of carbonyl (C=O) groups excluding carboxylic acids is 2. The van der Waals surface area contributed by atoms with Gasteiger partial charge in [-0.05, 0) is 41.0 Å². The van der Waals surface area contributed by atoms with E-state index in [4.69, 9.17) is 9.26 Å². The van der Waals surface area contributed by atoms with Crippen LogP contribution in [-0.4, -0.2) is 40.0 Å². The largest absolute Gasteiger partial charge is 0.497 e. The maximum atomic E-state index is 14.3. The summed E-state index contributed by atoms with van der Waals surface area (Å²) < 4.78 is 25.0. The molecule has 1 N–H and O–H groups in total. The monoisotopic (exact) mass is 578 g/mol. The van der Waals surface area contributed by atoms with Gasteiger partial charge in [-0.25, -0.2) is 4.39 Å². The molecular weight excluding hydrogens is 547 g/mol. The van der Waals surface area contributed by atoms with Crippen molar-refractivity contribution in [3.05, 3.63) is 138 Å². The predicted octanol–water partition coefficient (Wildman–Crippen LogP) is 5.38. The molecule has 0 aliphatic rings. The van der Waals surface area contributed by atoms with Gasteiger partial charge in [0.1, 0.15) is 24.0 Å². The summed E-state index contributed by atoms with van der Waals surface area (Å²) in [6, 6.07) is 31.6. The highest BCUT2D eigenvalue weighted by atomic mass is 19.1. The third kappa shape index (κ3) is 7.71. The first kappa shape index (κ1) is 29.2. The van der Waals surface area contributed by atoms with Crippen LogP contribution in [0.2, 0.25) is 0 Å². The molecule has 5 aromatic rings. The van der Waals surface area contributed by atoms with Crippen molar-refractivity contribution in [3.63, 3.8) is 0 Å². The average molecular weight is 579 g/mol. The van der Waals surface area contributed by atoms with Crippen LogP contribution in [0.5, 0.6) is 5.75 Å². The van der Waals surface area contributed by atoms with Crippen molar-refractivity contribution >= 4 is 11.8 Å². The van der Waals surface area contributed by atoms with E-state index in [0.29, 0.717) is 12.3 Å². The van der Waals surface area contributed by atoms with E-state index in [2.05, 4.69) is 15.5 Å². The lowest BCUT2D eigenvalue weighted by Crippen LogP contribution is -2.50. The highest BCUT2D eigenvalue weighted by Gasteiger charge is 2.31. The molecule has 0 saturated heterocycles. The Morgan fingerprint density at radius 2 is 1.51 bits per heavy atom. The number of nitrogens with one attached hydrogen (secondary N) is 1. The van der Waals surface area contributed by atoms with Crippen molar-refractivity contribution in [1.29, 1.82) is 0 Å². The van der Waals surface area contributed by atoms with E-state index in [1.54, 1.807) is 31.4 Å². The second-order valence-electron chi connectivity index (χ2n) is 9.95. The number of carbonyl (C=O) groups is 2. The number of methoxy groups -OCH3 is 1. The topological polar surface area (TPSA) is 97.6 Å². The lowest BCUT2D eigenvalue weighted by atomic mass is 10.0. The number of rotatable bonds is 12.